The van der Waals surface area contributed by atoms with Crippen molar-refractivity contribution in [2.45, 2.75) is 4.90 Å². The molecule has 1 amide bonds. The van der Waals surface area contributed by atoms with Crippen molar-refractivity contribution in [2.75, 3.05) is 4.72 Å². The molecular formula is C20H16ClN3O4S. The zero-order chi connectivity index (χ0) is 20.9. The first-order valence-electron chi connectivity index (χ1n) is 8.34. The Labute approximate surface area is 172 Å². The van der Waals surface area contributed by atoms with Gasteiger partial charge < -0.3 is 5.11 Å². The highest BCUT2D eigenvalue weighted by Crippen LogP contribution is 2.18. The maximum absolute atomic E-state index is 12.4. The number of halogens is 1. The van der Waals surface area contributed by atoms with Crippen LogP contribution >= 0.6 is 11.6 Å². The molecule has 0 bridgehead atoms. The van der Waals surface area contributed by atoms with Crippen LogP contribution in [0.4, 0.5) is 5.69 Å². The van der Waals surface area contributed by atoms with Gasteiger partial charge in [0.25, 0.3) is 15.9 Å². The zero-order valence-corrected chi connectivity index (χ0v) is 16.5. The van der Waals surface area contributed by atoms with E-state index in [0.29, 0.717) is 21.8 Å². The number of hydrazone groups is 1. The predicted molar refractivity (Wildman–Crippen MR) is 112 cm³/mol. The molecule has 0 saturated heterocycles. The molecular weight excluding hydrogens is 414 g/mol. The van der Waals surface area contributed by atoms with Gasteiger partial charge in [0.15, 0.2) is 0 Å². The van der Waals surface area contributed by atoms with Crippen molar-refractivity contribution in [1.29, 1.82) is 0 Å². The molecule has 7 nitrogen and oxygen atoms in total. The molecule has 3 aromatic rings. The smallest absolute Gasteiger partial charge is 0.271 e. The number of hydrogen-bond donors (Lipinski definition) is 3. The molecule has 0 saturated carbocycles. The van der Waals surface area contributed by atoms with Crippen molar-refractivity contribution in [2.24, 2.45) is 5.10 Å². The molecule has 148 valence electrons. The normalized spacial score (nSPS) is 11.3. The summed E-state index contributed by atoms with van der Waals surface area (Å²) in [4.78, 5) is 12.2. The second kappa shape index (κ2) is 8.76. The number of hydrogen-bond acceptors (Lipinski definition) is 5. The molecule has 0 atom stereocenters. The standard InChI is InChI=1S/C20H16ClN3O4S/c21-16-6-10-19(11-7-16)29(27,28)24-17-8-4-15(5-9-17)20(26)23-22-13-14-2-1-3-18(25)12-14/h1-13,24-25H,(H,23,26)/b22-13-. The van der Waals surface area contributed by atoms with Gasteiger partial charge in [-0.2, -0.15) is 5.10 Å². The molecule has 0 unspecified atom stereocenters. The lowest BCUT2D eigenvalue weighted by Crippen LogP contribution is -2.18. The second-order valence-electron chi connectivity index (χ2n) is 5.93. The Hall–Kier alpha value is -3.36. The van der Waals surface area contributed by atoms with Crippen LogP contribution in [0.2, 0.25) is 5.02 Å². The number of phenols is 1. The highest BCUT2D eigenvalue weighted by molar-refractivity contribution is 7.92. The first kappa shape index (κ1) is 20.4. The van der Waals surface area contributed by atoms with E-state index in [1.807, 2.05) is 0 Å². The van der Waals surface area contributed by atoms with E-state index in [4.69, 9.17) is 11.6 Å². The predicted octanol–water partition coefficient (Wildman–Crippen LogP) is 3.61. The largest absolute Gasteiger partial charge is 0.508 e. The van der Waals surface area contributed by atoms with Gasteiger partial charge in [-0.3, -0.25) is 9.52 Å². The minimum Gasteiger partial charge on any atom is -0.508 e. The third kappa shape index (κ3) is 5.56. The van der Waals surface area contributed by atoms with Crippen LogP contribution < -0.4 is 10.1 Å². The summed E-state index contributed by atoms with van der Waals surface area (Å²) < 4.78 is 27.2. The van der Waals surface area contributed by atoms with Gasteiger partial charge in [0.05, 0.1) is 11.1 Å². The molecule has 0 aliphatic carbocycles. The van der Waals surface area contributed by atoms with E-state index in [0.717, 1.165) is 0 Å². The van der Waals surface area contributed by atoms with Gasteiger partial charge >= 0.3 is 0 Å². The van der Waals surface area contributed by atoms with E-state index in [1.165, 1.54) is 66.9 Å². The maximum Gasteiger partial charge on any atom is 0.271 e. The molecule has 0 radical (unpaired) electrons. The Morgan fingerprint density at radius 3 is 2.34 bits per heavy atom. The number of nitrogens with zero attached hydrogens (tertiary/aromatic N) is 1. The van der Waals surface area contributed by atoms with Crippen LogP contribution in [-0.4, -0.2) is 25.6 Å². The van der Waals surface area contributed by atoms with Gasteiger partial charge in [0.2, 0.25) is 0 Å². The minimum absolute atomic E-state index is 0.0741. The number of sulfonamides is 1. The molecule has 0 aromatic heterocycles. The topological polar surface area (TPSA) is 108 Å². The lowest BCUT2D eigenvalue weighted by molar-refractivity contribution is 0.0955. The van der Waals surface area contributed by atoms with Crippen molar-refractivity contribution in [3.8, 4) is 5.75 Å². The molecule has 3 N–H and O–H groups in total. The molecule has 0 heterocycles. The number of carbonyl (C=O) groups is 1. The van der Waals surface area contributed by atoms with Crippen LogP contribution in [0.15, 0.2) is 82.8 Å². The number of phenolic OH excluding ortho intramolecular Hbond substituents is 1. The van der Waals surface area contributed by atoms with Gasteiger partial charge in [0.1, 0.15) is 5.75 Å². The van der Waals surface area contributed by atoms with Crippen LogP contribution in [0.5, 0.6) is 5.75 Å². The number of amides is 1. The van der Waals surface area contributed by atoms with Crippen LogP contribution in [0.3, 0.4) is 0 Å². The second-order valence-corrected chi connectivity index (χ2v) is 8.05. The summed E-state index contributed by atoms with van der Waals surface area (Å²) in [5.74, 6) is -0.370. The van der Waals surface area contributed by atoms with Crippen molar-refractivity contribution in [1.82, 2.24) is 5.43 Å². The highest BCUT2D eigenvalue weighted by atomic mass is 35.5. The maximum atomic E-state index is 12.4. The number of benzene rings is 3. The first-order valence-corrected chi connectivity index (χ1v) is 10.2. The minimum atomic E-state index is -3.76. The number of anilines is 1. The molecule has 0 spiro atoms. The molecule has 29 heavy (non-hydrogen) atoms. The fourth-order valence-electron chi connectivity index (χ4n) is 2.35. The summed E-state index contributed by atoms with van der Waals surface area (Å²) in [5.41, 5.74) is 3.59. The van der Waals surface area contributed by atoms with Crippen molar-refractivity contribution in [3.05, 3.63) is 88.9 Å². The summed E-state index contributed by atoms with van der Waals surface area (Å²) in [6, 6.07) is 18.1. The zero-order valence-electron chi connectivity index (χ0n) is 14.9. The summed E-state index contributed by atoms with van der Waals surface area (Å²) in [6.45, 7) is 0. The van der Waals surface area contributed by atoms with Crippen molar-refractivity contribution >= 4 is 39.4 Å². The number of rotatable bonds is 6. The third-order valence-corrected chi connectivity index (χ3v) is 5.42. The van der Waals surface area contributed by atoms with Crippen LogP contribution in [0.25, 0.3) is 0 Å². The number of nitrogens with one attached hydrogen (secondary N) is 2. The van der Waals surface area contributed by atoms with Gasteiger partial charge in [-0.1, -0.05) is 23.7 Å². The Bertz CT molecular complexity index is 1150. The highest BCUT2D eigenvalue weighted by Gasteiger charge is 2.14. The lowest BCUT2D eigenvalue weighted by atomic mass is 10.2. The molecule has 0 aliphatic heterocycles. The summed E-state index contributed by atoms with van der Waals surface area (Å²) in [5, 5.41) is 13.7. The van der Waals surface area contributed by atoms with Gasteiger partial charge in [-0.05, 0) is 66.2 Å². The average molecular weight is 430 g/mol. The fraction of sp³-hybridized carbons (Fsp3) is 0. The van der Waals surface area contributed by atoms with E-state index in [-0.39, 0.29) is 10.6 Å². The fourth-order valence-corrected chi connectivity index (χ4v) is 3.54. The first-order chi connectivity index (χ1) is 13.8. The van der Waals surface area contributed by atoms with Gasteiger partial charge in [0, 0.05) is 16.3 Å². The van der Waals surface area contributed by atoms with E-state index in [9.17, 15) is 18.3 Å². The van der Waals surface area contributed by atoms with Crippen LogP contribution in [-0.2, 0) is 10.0 Å². The van der Waals surface area contributed by atoms with Crippen molar-refractivity contribution in [3.63, 3.8) is 0 Å². The Morgan fingerprint density at radius 2 is 1.69 bits per heavy atom. The molecule has 9 heteroatoms. The van der Waals surface area contributed by atoms with E-state index >= 15 is 0 Å². The lowest BCUT2D eigenvalue weighted by Gasteiger charge is -2.08. The van der Waals surface area contributed by atoms with Crippen LogP contribution in [0.1, 0.15) is 15.9 Å². The summed E-state index contributed by atoms with van der Waals surface area (Å²) >= 11 is 5.77. The van der Waals surface area contributed by atoms with Gasteiger partial charge in [-0.25, -0.2) is 13.8 Å². The Balaban J connectivity index is 1.63. The quantitative estimate of drug-likeness (QED) is 0.411. The average Bonchev–Trinajstić information content (AvgIpc) is 2.68. The Kier molecular flexibility index (Phi) is 6.16. The SMILES string of the molecule is O=C(N/N=C\c1cccc(O)c1)c1ccc(NS(=O)(=O)c2ccc(Cl)cc2)cc1. The third-order valence-electron chi connectivity index (χ3n) is 3.77. The van der Waals surface area contributed by atoms with Gasteiger partial charge in [-0.15, -0.1) is 0 Å². The molecule has 3 rings (SSSR count). The molecule has 0 aliphatic rings. The Morgan fingerprint density at radius 1 is 1.00 bits per heavy atom. The molecule has 3 aromatic carbocycles. The van der Waals surface area contributed by atoms with E-state index in [2.05, 4.69) is 15.2 Å². The number of carbonyl (C=O) groups excluding carboxylic acids is 1. The summed E-state index contributed by atoms with van der Waals surface area (Å²) in [6.07, 6.45) is 1.40. The van der Waals surface area contributed by atoms with Crippen LogP contribution in [0, 0.1) is 0 Å². The van der Waals surface area contributed by atoms with E-state index in [1.54, 1.807) is 12.1 Å². The molecule has 0 fully saturated rings. The van der Waals surface area contributed by atoms with E-state index < -0.39 is 15.9 Å². The number of aromatic hydroxyl groups is 1. The monoisotopic (exact) mass is 429 g/mol. The summed E-state index contributed by atoms with van der Waals surface area (Å²) in [7, 11) is -3.76. The van der Waals surface area contributed by atoms with Crippen molar-refractivity contribution < 1.29 is 18.3 Å².